The summed E-state index contributed by atoms with van der Waals surface area (Å²) in [5, 5.41) is 2.77. The van der Waals surface area contributed by atoms with Crippen LogP contribution in [0.3, 0.4) is 0 Å². The topological polar surface area (TPSA) is 74.8 Å². The molecule has 198 valence electrons. The van der Waals surface area contributed by atoms with Gasteiger partial charge in [0.15, 0.2) is 0 Å². The number of thioether (sulfide) groups is 1. The molecule has 1 fully saturated rings. The highest BCUT2D eigenvalue weighted by Crippen LogP contribution is 2.40. The lowest BCUT2D eigenvalue weighted by Crippen LogP contribution is -2.42. The van der Waals surface area contributed by atoms with Crippen LogP contribution in [0.15, 0.2) is 84.2 Å². The number of nitrogens with zero attached hydrogens (tertiary/aromatic N) is 3. The maximum atomic E-state index is 13.3. The Morgan fingerprint density at radius 2 is 1.84 bits per heavy atom. The Kier molecular flexibility index (Phi) is 7.41. The van der Waals surface area contributed by atoms with Gasteiger partial charge in [0, 0.05) is 23.2 Å². The lowest BCUT2D eigenvalue weighted by atomic mass is 10.0. The molecule has 0 aliphatic carbocycles. The van der Waals surface area contributed by atoms with Crippen molar-refractivity contribution < 1.29 is 27.5 Å². The molecular formula is C27H25F3N4O3S. The van der Waals surface area contributed by atoms with Crippen molar-refractivity contribution in [1.29, 1.82) is 0 Å². The van der Waals surface area contributed by atoms with Crippen LogP contribution in [0.1, 0.15) is 29.8 Å². The molecule has 0 saturated carbocycles. The number of amides is 2. The zero-order valence-electron chi connectivity index (χ0n) is 20.9. The van der Waals surface area contributed by atoms with Crippen LogP contribution in [0.4, 0.5) is 24.7 Å². The molecule has 0 radical (unpaired) electrons. The highest BCUT2D eigenvalue weighted by atomic mass is 32.2. The second-order valence-electron chi connectivity index (χ2n) is 8.98. The number of rotatable bonds is 7. The van der Waals surface area contributed by atoms with Crippen molar-refractivity contribution in [3.8, 4) is 5.75 Å². The van der Waals surface area contributed by atoms with Crippen molar-refractivity contribution in [3.63, 3.8) is 0 Å². The summed E-state index contributed by atoms with van der Waals surface area (Å²) < 4.78 is 43.2. The summed E-state index contributed by atoms with van der Waals surface area (Å²) in [5.41, 5.74) is -3.79. The fraction of sp³-hybridized carbons (Fsp3) is 0.222. The van der Waals surface area contributed by atoms with Crippen LogP contribution in [-0.4, -0.2) is 39.9 Å². The first kappa shape index (κ1) is 27.1. The van der Waals surface area contributed by atoms with Crippen LogP contribution < -0.4 is 15.0 Å². The number of anilines is 2. The first-order chi connectivity index (χ1) is 17.9. The molecule has 1 aromatic heterocycles. The van der Waals surface area contributed by atoms with E-state index >= 15 is 0 Å². The minimum Gasteiger partial charge on any atom is -0.497 e. The Labute approximate surface area is 222 Å². The average Bonchev–Trinajstić information content (AvgIpc) is 3.03. The minimum atomic E-state index is -4.40. The fourth-order valence-corrected chi connectivity index (χ4v) is 4.62. The summed E-state index contributed by atoms with van der Waals surface area (Å²) in [4.78, 5) is 33.5. The predicted molar refractivity (Wildman–Crippen MR) is 140 cm³/mol. The number of halogens is 3. The van der Waals surface area contributed by atoms with E-state index in [0.717, 1.165) is 5.56 Å². The predicted octanol–water partition coefficient (Wildman–Crippen LogP) is 6.05. The highest BCUT2D eigenvalue weighted by Gasteiger charge is 2.48. The molecule has 1 N–H and O–H groups in total. The Morgan fingerprint density at radius 1 is 1.13 bits per heavy atom. The monoisotopic (exact) mass is 542 g/mol. The molecule has 1 aliphatic rings. The molecule has 38 heavy (non-hydrogen) atoms. The largest absolute Gasteiger partial charge is 0.497 e. The number of hydrogen-bond donors (Lipinski definition) is 1. The zero-order chi connectivity index (χ0) is 27.7. The molecule has 3 aromatic rings. The lowest BCUT2D eigenvalue weighted by molar-refractivity contribution is -0.123. The molecule has 4 rings (SSSR count). The van der Waals surface area contributed by atoms with E-state index in [-0.39, 0.29) is 35.0 Å². The van der Waals surface area contributed by atoms with Gasteiger partial charge in [0.05, 0.1) is 12.8 Å². The van der Waals surface area contributed by atoms with Gasteiger partial charge < -0.3 is 15.0 Å². The molecule has 0 unspecified atom stereocenters. The van der Waals surface area contributed by atoms with E-state index in [9.17, 15) is 22.8 Å². The SMILES string of the molecule is C=C1N(c2ccc(SC(F)(F)F)cc2)C(=O)C(C)(C)N1Cc1ccnc(NC(=O)c2cccc(OC)c2)c1. The van der Waals surface area contributed by atoms with Gasteiger partial charge in [-0.1, -0.05) is 12.6 Å². The van der Waals surface area contributed by atoms with Gasteiger partial charge in [0.1, 0.15) is 22.9 Å². The van der Waals surface area contributed by atoms with Crippen molar-refractivity contribution in [2.24, 2.45) is 0 Å². The minimum absolute atomic E-state index is 0.0231. The van der Waals surface area contributed by atoms with Gasteiger partial charge in [0.25, 0.3) is 11.8 Å². The van der Waals surface area contributed by atoms with E-state index in [1.54, 1.807) is 61.3 Å². The van der Waals surface area contributed by atoms with Gasteiger partial charge >= 0.3 is 5.51 Å². The summed E-state index contributed by atoms with van der Waals surface area (Å²) in [6, 6.07) is 15.8. The maximum Gasteiger partial charge on any atom is 0.446 e. The van der Waals surface area contributed by atoms with Crippen LogP contribution in [0.2, 0.25) is 0 Å². The van der Waals surface area contributed by atoms with Gasteiger partial charge in [-0.15, -0.1) is 0 Å². The molecule has 1 aliphatic heterocycles. The Hall–Kier alpha value is -3.99. The lowest BCUT2D eigenvalue weighted by Gasteiger charge is -2.30. The van der Waals surface area contributed by atoms with E-state index in [2.05, 4.69) is 16.9 Å². The number of ether oxygens (including phenoxy) is 1. The van der Waals surface area contributed by atoms with Crippen molar-refractivity contribution >= 4 is 35.1 Å². The molecule has 11 heteroatoms. The average molecular weight is 543 g/mol. The normalized spacial score (nSPS) is 15.1. The third-order valence-corrected chi connectivity index (χ3v) is 6.78. The van der Waals surface area contributed by atoms with Crippen LogP contribution in [0, 0.1) is 0 Å². The summed E-state index contributed by atoms with van der Waals surface area (Å²) in [6.45, 7) is 7.87. The Bertz CT molecular complexity index is 1380. The molecule has 7 nitrogen and oxygen atoms in total. The Morgan fingerprint density at radius 3 is 2.50 bits per heavy atom. The molecule has 0 bridgehead atoms. The van der Waals surface area contributed by atoms with Gasteiger partial charge in [-0.25, -0.2) is 4.98 Å². The second kappa shape index (κ2) is 10.4. The number of carbonyl (C=O) groups is 2. The summed E-state index contributed by atoms with van der Waals surface area (Å²) in [7, 11) is 1.52. The number of nitrogens with one attached hydrogen (secondary N) is 1. The summed E-state index contributed by atoms with van der Waals surface area (Å²) in [6.07, 6.45) is 1.55. The van der Waals surface area contributed by atoms with E-state index in [4.69, 9.17) is 4.74 Å². The standard InChI is InChI=1S/C27H25F3N4O3S/c1-17-33(26(2,3)25(36)34(17)20-8-10-22(11-9-20)38-27(28,29)30)16-18-12-13-31-23(14-18)32-24(35)19-6-5-7-21(15-19)37-4/h5-15H,1,16H2,2-4H3,(H,31,32,35). The van der Waals surface area contributed by atoms with E-state index in [1.165, 1.54) is 36.3 Å². The zero-order valence-corrected chi connectivity index (χ0v) is 21.7. The van der Waals surface area contributed by atoms with E-state index in [1.807, 2.05) is 0 Å². The number of carbonyl (C=O) groups excluding carboxylic acids is 2. The van der Waals surface area contributed by atoms with Crippen LogP contribution in [0.25, 0.3) is 0 Å². The van der Waals surface area contributed by atoms with Crippen LogP contribution in [-0.2, 0) is 11.3 Å². The summed E-state index contributed by atoms with van der Waals surface area (Å²) in [5.74, 6) is 0.651. The molecule has 0 spiro atoms. The van der Waals surface area contributed by atoms with Crippen molar-refractivity contribution in [2.45, 2.75) is 36.3 Å². The number of methoxy groups -OCH3 is 1. The fourth-order valence-electron chi connectivity index (χ4n) is 4.08. The number of alkyl halides is 3. The van der Waals surface area contributed by atoms with Crippen LogP contribution >= 0.6 is 11.8 Å². The van der Waals surface area contributed by atoms with Gasteiger partial charge in [0.2, 0.25) is 0 Å². The third kappa shape index (κ3) is 5.77. The third-order valence-electron chi connectivity index (χ3n) is 6.04. The number of aromatic nitrogens is 1. The highest BCUT2D eigenvalue weighted by molar-refractivity contribution is 8.00. The summed E-state index contributed by atoms with van der Waals surface area (Å²) >= 11 is -0.217. The number of benzene rings is 2. The second-order valence-corrected chi connectivity index (χ2v) is 10.1. The molecular weight excluding hydrogens is 517 g/mol. The van der Waals surface area contributed by atoms with Crippen molar-refractivity contribution in [2.75, 3.05) is 17.3 Å². The molecule has 2 amide bonds. The maximum absolute atomic E-state index is 13.3. The number of pyridine rings is 1. The van der Waals surface area contributed by atoms with Crippen LogP contribution in [0.5, 0.6) is 5.75 Å². The molecule has 1 saturated heterocycles. The Balaban J connectivity index is 1.51. The van der Waals surface area contributed by atoms with Gasteiger partial charge in [-0.05, 0) is 85.8 Å². The molecule has 0 atom stereocenters. The van der Waals surface area contributed by atoms with Gasteiger partial charge in [-0.3, -0.25) is 14.5 Å². The van der Waals surface area contributed by atoms with Gasteiger partial charge in [-0.2, -0.15) is 13.2 Å². The first-order valence-corrected chi connectivity index (χ1v) is 12.3. The molecule has 2 aromatic carbocycles. The smallest absolute Gasteiger partial charge is 0.446 e. The van der Waals surface area contributed by atoms with E-state index < -0.39 is 11.0 Å². The number of hydrogen-bond acceptors (Lipinski definition) is 6. The quantitative estimate of drug-likeness (QED) is 0.366. The van der Waals surface area contributed by atoms with Crippen molar-refractivity contribution in [3.05, 3.63) is 90.4 Å². The van der Waals surface area contributed by atoms with E-state index in [0.29, 0.717) is 28.6 Å². The first-order valence-electron chi connectivity index (χ1n) is 11.5. The van der Waals surface area contributed by atoms with Crippen molar-refractivity contribution in [1.82, 2.24) is 9.88 Å². The molecule has 2 heterocycles.